The van der Waals surface area contributed by atoms with Crippen LogP contribution in [0.1, 0.15) is 18.7 Å². The zero-order chi connectivity index (χ0) is 31.7. The van der Waals surface area contributed by atoms with E-state index in [1.165, 1.54) is 17.4 Å². The fourth-order valence-corrected chi connectivity index (χ4v) is 6.30. The first-order chi connectivity index (χ1) is 21.7. The second-order valence-corrected chi connectivity index (χ2v) is 11.7. The Morgan fingerprint density at radius 1 is 1.20 bits per heavy atom. The number of hydrogen-bond donors (Lipinski definition) is 3. The summed E-state index contributed by atoms with van der Waals surface area (Å²) in [6.07, 6.45) is 1.32. The molecule has 1 fully saturated rings. The highest BCUT2D eigenvalue weighted by molar-refractivity contribution is 7.18. The molecule has 0 saturated carbocycles. The summed E-state index contributed by atoms with van der Waals surface area (Å²) in [4.78, 5) is 19.2. The van der Waals surface area contributed by atoms with Crippen molar-refractivity contribution in [2.45, 2.75) is 19.1 Å². The number of amides is 1. The van der Waals surface area contributed by atoms with Crippen molar-refractivity contribution in [3.63, 3.8) is 0 Å². The van der Waals surface area contributed by atoms with Gasteiger partial charge in [-0.1, -0.05) is 6.58 Å². The number of nitrogens with one attached hydrogen (secondary N) is 2. The molecule has 0 bridgehead atoms. The lowest BCUT2D eigenvalue weighted by Gasteiger charge is -2.36. The van der Waals surface area contributed by atoms with E-state index in [9.17, 15) is 14.3 Å². The maximum absolute atomic E-state index is 15.8. The number of benzene rings is 2. The van der Waals surface area contributed by atoms with Gasteiger partial charge in [0.1, 0.15) is 47.2 Å². The predicted molar refractivity (Wildman–Crippen MR) is 169 cm³/mol. The van der Waals surface area contributed by atoms with Gasteiger partial charge >= 0.3 is 0 Å². The molecule has 1 saturated heterocycles. The zero-order valence-corrected chi connectivity index (χ0v) is 25.5. The van der Waals surface area contributed by atoms with Crippen LogP contribution >= 0.6 is 11.3 Å². The number of likely N-dealkylation sites (tertiary alicyclic amines) is 1. The lowest BCUT2D eigenvalue weighted by Crippen LogP contribution is -2.51. The summed E-state index contributed by atoms with van der Waals surface area (Å²) >= 11 is 1.38. The maximum Gasteiger partial charge on any atom is 0.243 e. The Labute approximate surface area is 262 Å². The van der Waals surface area contributed by atoms with Gasteiger partial charge in [-0.25, -0.2) is 13.8 Å². The molecule has 232 valence electrons. The van der Waals surface area contributed by atoms with Gasteiger partial charge in [0.25, 0.3) is 0 Å². The van der Waals surface area contributed by atoms with Crippen molar-refractivity contribution >= 4 is 27.3 Å². The van der Waals surface area contributed by atoms with Gasteiger partial charge in [0.2, 0.25) is 5.91 Å². The van der Waals surface area contributed by atoms with Gasteiger partial charge in [-0.15, -0.1) is 11.3 Å². The number of fused-ring (bicyclic) bond motifs is 1. The van der Waals surface area contributed by atoms with E-state index in [-0.39, 0.29) is 36.5 Å². The van der Waals surface area contributed by atoms with Crippen molar-refractivity contribution in [3.05, 3.63) is 83.9 Å². The number of pyridine rings is 1. The lowest BCUT2D eigenvalue weighted by atomic mass is 9.96. The number of aromatic nitrogens is 3. The molecule has 0 spiro atoms. The molecule has 5 aromatic rings. The number of ether oxygens (including phenoxy) is 2. The monoisotopic (exact) mass is 631 g/mol. The molecule has 2 aromatic carbocycles. The molecule has 0 radical (unpaired) electrons. The third kappa shape index (κ3) is 6.17. The van der Waals surface area contributed by atoms with Gasteiger partial charge in [-0.2, -0.15) is 5.10 Å². The topological polar surface area (TPSA) is 113 Å². The van der Waals surface area contributed by atoms with Crippen LogP contribution in [-0.4, -0.2) is 70.5 Å². The van der Waals surface area contributed by atoms with Crippen LogP contribution in [-0.2, 0) is 4.79 Å². The Bertz CT molecular complexity index is 1870. The van der Waals surface area contributed by atoms with Crippen LogP contribution in [0.2, 0.25) is 0 Å². The van der Waals surface area contributed by atoms with E-state index in [2.05, 4.69) is 27.0 Å². The molecule has 1 unspecified atom stereocenters. The van der Waals surface area contributed by atoms with Crippen molar-refractivity contribution in [3.8, 4) is 45.3 Å². The molecule has 3 N–H and O–H groups in total. The molecule has 45 heavy (non-hydrogen) atoms. The Hall–Kier alpha value is -4.65. The van der Waals surface area contributed by atoms with E-state index in [1.54, 1.807) is 13.0 Å². The van der Waals surface area contributed by atoms with Crippen molar-refractivity contribution in [1.82, 2.24) is 25.4 Å². The third-order valence-corrected chi connectivity index (χ3v) is 8.47. The fourth-order valence-electron chi connectivity index (χ4n) is 5.35. The first-order valence-electron chi connectivity index (χ1n) is 14.3. The van der Waals surface area contributed by atoms with Crippen molar-refractivity contribution in [2.24, 2.45) is 0 Å². The highest BCUT2D eigenvalue weighted by Gasteiger charge is 2.28. The van der Waals surface area contributed by atoms with Crippen LogP contribution in [0.3, 0.4) is 0 Å². The van der Waals surface area contributed by atoms with E-state index in [1.807, 2.05) is 42.8 Å². The van der Waals surface area contributed by atoms with Gasteiger partial charge in [0.05, 0.1) is 29.6 Å². The van der Waals surface area contributed by atoms with Crippen molar-refractivity contribution in [1.29, 1.82) is 0 Å². The van der Waals surface area contributed by atoms with Crippen LogP contribution < -0.4 is 14.8 Å². The molecular weight excluding hydrogens is 600 g/mol. The van der Waals surface area contributed by atoms with E-state index >= 15 is 4.39 Å². The number of halogens is 2. The van der Waals surface area contributed by atoms with E-state index < -0.39 is 17.7 Å². The van der Waals surface area contributed by atoms with Gasteiger partial charge in [0.15, 0.2) is 0 Å². The van der Waals surface area contributed by atoms with E-state index in [4.69, 9.17) is 14.5 Å². The fraction of sp³-hybridized carbons (Fsp3) is 0.242. The van der Waals surface area contributed by atoms with E-state index in [0.717, 1.165) is 41.9 Å². The Balaban J connectivity index is 1.52. The first-order valence-corrected chi connectivity index (χ1v) is 15.2. The SMILES string of the molecule is C=CC(=O)NC(C)c1cc(-c2nc(-c3ccc(OC4CN(C)C4)cc3)c3ccsc3c2-c2c(F)cc(F)cc2OCCO)n[nH]1. The molecule has 1 amide bonds. The summed E-state index contributed by atoms with van der Waals surface area (Å²) in [6, 6.07) is 12.7. The lowest BCUT2D eigenvalue weighted by molar-refractivity contribution is -0.117. The number of hydrogen-bond acceptors (Lipinski definition) is 8. The minimum atomic E-state index is -0.848. The second kappa shape index (κ2) is 12.8. The van der Waals surface area contributed by atoms with Crippen molar-refractivity contribution < 1.29 is 28.2 Å². The van der Waals surface area contributed by atoms with Gasteiger partial charge in [0, 0.05) is 46.4 Å². The molecule has 1 aliphatic rings. The smallest absolute Gasteiger partial charge is 0.243 e. The van der Waals surface area contributed by atoms with Crippen LogP contribution in [0.25, 0.3) is 43.9 Å². The summed E-state index contributed by atoms with van der Waals surface area (Å²) in [7, 11) is 2.04. The molecule has 9 nitrogen and oxygen atoms in total. The minimum absolute atomic E-state index is 0.00174. The predicted octanol–water partition coefficient (Wildman–Crippen LogP) is 5.73. The molecule has 1 aliphatic heterocycles. The van der Waals surface area contributed by atoms with Crippen LogP contribution in [0.5, 0.6) is 11.5 Å². The Kier molecular flexibility index (Phi) is 8.61. The number of rotatable bonds is 11. The van der Waals surface area contributed by atoms with Crippen LogP contribution in [0.15, 0.2) is 66.6 Å². The largest absolute Gasteiger partial charge is 0.490 e. The molecule has 4 heterocycles. The van der Waals surface area contributed by atoms with Gasteiger partial charge in [-0.05, 0) is 61.8 Å². The maximum atomic E-state index is 15.8. The summed E-state index contributed by atoms with van der Waals surface area (Å²) < 4.78 is 42.6. The highest BCUT2D eigenvalue weighted by atomic mass is 32.1. The highest BCUT2D eigenvalue weighted by Crippen LogP contribution is 2.47. The Morgan fingerprint density at radius 2 is 1.98 bits per heavy atom. The zero-order valence-electron chi connectivity index (χ0n) is 24.6. The number of nitrogens with zero attached hydrogens (tertiary/aromatic N) is 3. The average molecular weight is 632 g/mol. The number of thiophene rings is 1. The summed E-state index contributed by atoms with van der Waals surface area (Å²) in [5.74, 6) is -1.34. The minimum Gasteiger partial charge on any atom is -0.490 e. The van der Waals surface area contributed by atoms with Crippen LogP contribution in [0.4, 0.5) is 8.78 Å². The van der Waals surface area contributed by atoms with Gasteiger partial charge < -0.3 is 19.9 Å². The van der Waals surface area contributed by atoms with Crippen LogP contribution in [0, 0.1) is 11.6 Å². The molecule has 0 aliphatic carbocycles. The molecular formula is C33H31F2N5O4S. The quantitative estimate of drug-likeness (QED) is 0.160. The number of carbonyl (C=O) groups excluding carboxylic acids is 1. The second-order valence-electron chi connectivity index (χ2n) is 10.8. The number of aromatic amines is 1. The van der Waals surface area contributed by atoms with Crippen molar-refractivity contribution in [2.75, 3.05) is 33.4 Å². The Morgan fingerprint density at radius 3 is 2.69 bits per heavy atom. The van der Waals surface area contributed by atoms with Gasteiger partial charge in [-0.3, -0.25) is 14.8 Å². The molecule has 12 heteroatoms. The molecule has 3 aromatic heterocycles. The number of H-pyrrole nitrogens is 1. The number of likely N-dealkylation sites (N-methyl/N-ethyl adjacent to an activating group) is 1. The summed E-state index contributed by atoms with van der Waals surface area (Å²) in [6.45, 7) is 6.51. The van der Waals surface area contributed by atoms with E-state index in [0.29, 0.717) is 33.0 Å². The first kappa shape index (κ1) is 30.4. The number of aliphatic hydroxyl groups excluding tert-OH is 1. The summed E-state index contributed by atoms with van der Waals surface area (Å²) in [5.41, 5.74) is 3.09. The molecule has 1 atom stereocenters. The number of aliphatic hydroxyl groups is 1. The third-order valence-electron chi connectivity index (χ3n) is 7.54. The molecule has 6 rings (SSSR count). The number of carbonyl (C=O) groups is 1. The average Bonchev–Trinajstić information content (AvgIpc) is 3.70. The normalized spacial score (nSPS) is 14.2. The summed E-state index contributed by atoms with van der Waals surface area (Å²) in [5, 5.41) is 22.3. The standard InChI is InChI=1S/C33H31F2N5O4S/c1-4-28(42)36-18(2)25-15-26(39-38-25)32-30(29-24(35)13-20(34)14-27(29)43-11-10-41)33-23(9-12-45-33)31(37-32)19-5-7-21(8-6-19)44-22-16-40(3)17-22/h4-9,12-15,18,22,41H,1,10-11,16-17H2,2-3H3,(H,36,42)(H,38,39).